The first-order valence-electron chi connectivity index (χ1n) is 6.47. The van der Waals surface area contributed by atoms with Gasteiger partial charge >= 0.3 is 0 Å². The molecule has 0 spiro atoms. The topological polar surface area (TPSA) is 55.6 Å². The molecular weight excluding hydrogens is 308 g/mol. The van der Waals surface area contributed by atoms with Gasteiger partial charge in [-0.15, -0.1) is 11.3 Å². The first kappa shape index (κ1) is 15.8. The van der Waals surface area contributed by atoms with Crippen LogP contribution in [0, 0.1) is 0 Å². The lowest BCUT2D eigenvalue weighted by molar-refractivity contribution is 0.0683. The summed E-state index contributed by atoms with van der Waals surface area (Å²) >= 11 is 7.58. The number of carbonyl (C=O) groups is 1. The zero-order valence-electron chi connectivity index (χ0n) is 11.7. The van der Waals surface area contributed by atoms with Gasteiger partial charge in [0.25, 0.3) is 5.91 Å². The number of ether oxygens (including phenoxy) is 1. The number of hydrogen-bond donors (Lipinski definition) is 1. The number of nitrogen functional groups attached to an aromatic ring is 1. The summed E-state index contributed by atoms with van der Waals surface area (Å²) in [6, 6.07) is 8.89. The van der Waals surface area contributed by atoms with Gasteiger partial charge < -0.3 is 15.4 Å². The van der Waals surface area contributed by atoms with E-state index >= 15 is 0 Å². The van der Waals surface area contributed by atoms with Gasteiger partial charge in [0.2, 0.25) is 0 Å². The van der Waals surface area contributed by atoms with Crippen molar-refractivity contribution in [3.05, 3.63) is 51.2 Å². The number of thiophene rings is 1. The molecule has 1 aromatic carbocycles. The Morgan fingerprint density at radius 2 is 2.24 bits per heavy atom. The normalized spacial score (nSPS) is 10.6. The van der Waals surface area contributed by atoms with Gasteiger partial charge in [-0.1, -0.05) is 17.7 Å². The standard InChI is InChI=1S/C15H17ClN2O2S/c1-20-7-6-18(10-12-3-2-8-21-12)15(19)13-9-11(16)4-5-14(13)17/h2-5,8-9H,6-7,10,17H2,1H3. The molecule has 0 radical (unpaired) electrons. The van der Waals surface area contributed by atoms with Gasteiger partial charge in [-0.3, -0.25) is 4.79 Å². The largest absolute Gasteiger partial charge is 0.398 e. The van der Waals surface area contributed by atoms with Crippen LogP contribution in [0.25, 0.3) is 0 Å². The van der Waals surface area contributed by atoms with Crippen molar-refractivity contribution in [2.24, 2.45) is 0 Å². The zero-order chi connectivity index (χ0) is 15.2. The first-order valence-corrected chi connectivity index (χ1v) is 7.73. The fourth-order valence-corrected chi connectivity index (χ4v) is 2.82. The van der Waals surface area contributed by atoms with Crippen molar-refractivity contribution in [1.82, 2.24) is 4.90 Å². The maximum Gasteiger partial charge on any atom is 0.256 e. The number of methoxy groups -OCH3 is 1. The smallest absolute Gasteiger partial charge is 0.256 e. The van der Waals surface area contributed by atoms with Crippen molar-refractivity contribution in [2.45, 2.75) is 6.54 Å². The lowest BCUT2D eigenvalue weighted by Crippen LogP contribution is -2.33. The molecule has 1 amide bonds. The number of benzene rings is 1. The fourth-order valence-electron chi connectivity index (χ4n) is 1.93. The third-order valence-corrected chi connectivity index (χ3v) is 4.12. The van der Waals surface area contributed by atoms with E-state index in [0.717, 1.165) is 4.88 Å². The molecule has 112 valence electrons. The van der Waals surface area contributed by atoms with E-state index in [9.17, 15) is 4.79 Å². The second-order valence-corrected chi connectivity index (χ2v) is 6.00. The summed E-state index contributed by atoms with van der Waals surface area (Å²) in [6.07, 6.45) is 0. The van der Waals surface area contributed by atoms with Gasteiger partial charge in [0.1, 0.15) is 0 Å². The van der Waals surface area contributed by atoms with Crippen LogP contribution in [0.3, 0.4) is 0 Å². The highest BCUT2D eigenvalue weighted by atomic mass is 35.5. The average Bonchev–Trinajstić information content (AvgIpc) is 2.98. The number of anilines is 1. The lowest BCUT2D eigenvalue weighted by atomic mass is 10.1. The van der Waals surface area contributed by atoms with Crippen molar-refractivity contribution >= 4 is 34.5 Å². The Morgan fingerprint density at radius 3 is 2.90 bits per heavy atom. The van der Waals surface area contributed by atoms with E-state index in [1.807, 2.05) is 17.5 Å². The molecule has 0 aliphatic heterocycles. The highest BCUT2D eigenvalue weighted by molar-refractivity contribution is 7.09. The van der Waals surface area contributed by atoms with Crippen LogP contribution in [-0.4, -0.2) is 31.1 Å². The van der Waals surface area contributed by atoms with E-state index in [1.54, 1.807) is 41.5 Å². The second-order valence-electron chi connectivity index (χ2n) is 4.53. The predicted octanol–water partition coefficient (Wildman–Crippen LogP) is 3.27. The van der Waals surface area contributed by atoms with Crippen molar-refractivity contribution in [3.63, 3.8) is 0 Å². The molecule has 1 heterocycles. The van der Waals surface area contributed by atoms with Gasteiger partial charge in [-0.05, 0) is 29.6 Å². The number of nitrogens with two attached hydrogens (primary N) is 1. The van der Waals surface area contributed by atoms with E-state index < -0.39 is 0 Å². The summed E-state index contributed by atoms with van der Waals surface area (Å²) in [5.74, 6) is -0.138. The quantitative estimate of drug-likeness (QED) is 0.830. The number of nitrogens with zero attached hydrogens (tertiary/aromatic N) is 1. The van der Waals surface area contributed by atoms with Gasteiger partial charge in [-0.2, -0.15) is 0 Å². The minimum atomic E-state index is -0.138. The van der Waals surface area contributed by atoms with Crippen LogP contribution in [0.1, 0.15) is 15.2 Å². The zero-order valence-corrected chi connectivity index (χ0v) is 13.3. The maximum absolute atomic E-state index is 12.7. The number of carbonyl (C=O) groups excluding carboxylic acids is 1. The molecule has 0 atom stereocenters. The second kappa shape index (κ2) is 7.45. The molecule has 0 saturated heterocycles. The Morgan fingerprint density at radius 1 is 1.43 bits per heavy atom. The van der Waals surface area contributed by atoms with Crippen LogP contribution in [0.15, 0.2) is 35.7 Å². The number of halogens is 1. The summed E-state index contributed by atoms with van der Waals surface area (Å²) in [5.41, 5.74) is 6.75. The Balaban J connectivity index is 2.22. The van der Waals surface area contributed by atoms with Gasteiger partial charge in [0.05, 0.1) is 18.7 Å². The predicted molar refractivity (Wildman–Crippen MR) is 86.8 cm³/mol. The van der Waals surface area contributed by atoms with Crippen molar-refractivity contribution in [1.29, 1.82) is 0 Å². The molecule has 0 unspecified atom stereocenters. The Labute approximate surface area is 133 Å². The molecule has 0 fully saturated rings. The number of rotatable bonds is 6. The highest BCUT2D eigenvalue weighted by Crippen LogP contribution is 2.21. The summed E-state index contributed by atoms with van der Waals surface area (Å²) in [4.78, 5) is 15.5. The summed E-state index contributed by atoms with van der Waals surface area (Å²) in [7, 11) is 1.61. The molecule has 4 nitrogen and oxygen atoms in total. The summed E-state index contributed by atoms with van der Waals surface area (Å²) in [6.45, 7) is 1.50. The molecule has 0 aliphatic carbocycles. The third-order valence-electron chi connectivity index (χ3n) is 3.03. The van der Waals surface area contributed by atoms with Crippen LogP contribution < -0.4 is 5.73 Å². The van der Waals surface area contributed by atoms with Gasteiger partial charge in [0, 0.05) is 29.2 Å². The molecule has 21 heavy (non-hydrogen) atoms. The Kier molecular flexibility index (Phi) is 5.61. The summed E-state index contributed by atoms with van der Waals surface area (Å²) in [5, 5.41) is 2.48. The van der Waals surface area contributed by atoms with E-state index in [-0.39, 0.29) is 5.91 Å². The van der Waals surface area contributed by atoms with Crippen LogP contribution in [0.5, 0.6) is 0 Å². The third kappa shape index (κ3) is 4.20. The highest BCUT2D eigenvalue weighted by Gasteiger charge is 2.19. The molecule has 0 bridgehead atoms. The van der Waals surface area contributed by atoms with Crippen molar-refractivity contribution in [3.8, 4) is 0 Å². The molecule has 6 heteroatoms. The maximum atomic E-state index is 12.7. The number of hydrogen-bond acceptors (Lipinski definition) is 4. The van der Waals surface area contributed by atoms with Crippen LogP contribution >= 0.6 is 22.9 Å². The van der Waals surface area contributed by atoms with Crippen LogP contribution in [-0.2, 0) is 11.3 Å². The lowest BCUT2D eigenvalue weighted by Gasteiger charge is -2.22. The molecule has 2 N–H and O–H groups in total. The molecule has 2 rings (SSSR count). The summed E-state index contributed by atoms with van der Waals surface area (Å²) < 4.78 is 5.08. The molecular formula is C15H17ClN2O2S. The van der Waals surface area contributed by atoms with Crippen molar-refractivity contribution in [2.75, 3.05) is 26.0 Å². The van der Waals surface area contributed by atoms with Gasteiger partial charge in [-0.25, -0.2) is 0 Å². The number of amides is 1. The minimum Gasteiger partial charge on any atom is -0.398 e. The Bertz CT molecular complexity index is 602. The van der Waals surface area contributed by atoms with Crippen LogP contribution in [0.4, 0.5) is 5.69 Å². The molecule has 1 aromatic heterocycles. The molecule has 0 saturated carbocycles. The van der Waals surface area contributed by atoms with E-state index in [4.69, 9.17) is 22.1 Å². The van der Waals surface area contributed by atoms with Crippen LogP contribution in [0.2, 0.25) is 5.02 Å². The van der Waals surface area contributed by atoms with E-state index in [0.29, 0.717) is 36.0 Å². The van der Waals surface area contributed by atoms with E-state index in [1.165, 1.54) is 0 Å². The monoisotopic (exact) mass is 324 g/mol. The molecule has 2 aromatic rings. The Hall–Kier alpha value is -1.56. The van der Waals surface area contributed by atoms with Gasteiger partial charge in [0.15, 0.2) is 0 Å². The minimum absolute atomic E-state index is 0.138. The SMILES string of the molecule is COCCN(Cc1cccs1)C(=O)c1cc(Cl)ccc1N. The average molecular weight is 325 g/mol. The molecule has 0 aliphatic rings. The van der Waals surface area contributed by atoms with Crippen molar-refractivity contribution < 1.29 is 9.53 Å². The first-order chi connectivity index (χ1) is 10.1. The fraction of sp³-hybridized carbons (Fsp3) is 0.267. The van der Waals surface area contributed by atoms with E-state index in [2.05, 4.69) is 0 Å².